The van der Waals surface area contributed by atoms with E-state index in [9.17, 15) is 0 Å². The molecule has 0 radical (unpaired) electrons. The van der Waals surface area contributed by atoms with Gasteiger partial charge in [-0.3, -0.25) is 0 Å². The molecule has 0 bridgehead atoms. The van der Waals surface area contributed by atoms with Gasteiger partial charge in [-0.25, -0.2) is 4.98 Å². The van der Waals surface area contributed by atoms with E-state index in [1.807, 2.05) is 32.0 Å². The molecule has 1 N–H and O–H groups in total. The number of imidazole rings is 1. The standard InChI is InChI=1S/C15H20N4/c1-4-19-13-8-6-5-7-12(13)18-14(19)9-17-11-15(2,3)10-16/h5-8,17H,4,9,11H2,1-3H3. The van der Waals surface area contributed by atoms with Gasteiger partial charge < -0.3 is 9.88 Å². The first-order valence-electron chi connectivity index (χ1n) is 6.63. The van der Waals surface area contributed by atoms with Gasteiger partial charge in [-0.1, -0.05) is 12.1 Å². The van der Waals surface area contributed by atoms with Crippen LogP contribution in [0.15, 0.2) is 24.3 Å². The Balaban J connectivity index is 2.15. The zero-order valence-electron chi connectivity index (χ0n) is 11.8. The lowest BCUT2D eigenvalue weighted by atomic mass is 9.96. The predicted molar refractivity (Wildman–Crippen MR) is 76.5 cm³/mol. The molecule has 0 fully saturated rings. The van der Waals surface area contributed by atoms with E-state index in [0.717, 1.165) is 17.9 Å². The van der Waals surface area contributed by atoms with E-state index in [-0.39, 0.29) is 5.41 Å². The molecule has 0 aliphatic heterocycles. The van der Waals surface area contributed by atoms with Crippen LogP contribution in [0.3, 0.4) is 0 Å². The summed E-state index contributed by atoms with van der Waals surface area (Å²) < 4.78 is 2.21. The Morgan fingerprint density at radius 2 is 2.11 bits per heavy atom. The minimum Gasteiger partial charge on any atom is -0.327 e. The molecule has 19 heavy (non-hydrogen) atoms. The second kappa shape index (κ2) is 5.41. The van der Waals surface area contributed by atoms with Crippen molar-refractivity contribution in [2.45, 2.75) is 33.9 Å². The van der Waals surface area contributed by atoms with Crippen molar-refractivity contribution < 1.29 is 0 Å². The van der Waals surface area contributed by atoms with E-state index in [0.29, 0.717) is 13.1 Å². The van der Waals surface area contributed by atoms with Gasteiger partial charge in [-0.05, 0) is 32.9 Å². The molecule has 0 saturated carbocycles. The Kier molecular flexibility index (Phi) is 3.87. The maximum atomic E-state index is 9.00. The number of nitrogens with zero attached hydrogens (tertiary/aromatic N) is 3. The average Bonchev–Trinajstić information content (AvgIpc) is 2.76. The molecule has 1 heterocycles. The highest BCUT2D eigenvalue weighted by molar-refractivity contribution is 5.75. The maximum Gasteiger partial charge on any atom is 0.123 e. The van der Waals surface area contributed by atoms with Crippen LogP contribution < -0.4 is 5.32 Å². The summed E-state index contributed by atoms with van der Waals surface area (Å²) in [4.78, 5) is 4.65. The molecule has 2 rings (SSSR count). The minimum absolute atomic E-state index is 0.344. The van der Waals surface area contributed by atoms with E-state index < -0.39 is 0 Å². The number of para-hydroxylation sites is 2. The highest BCUT2D eigenvalue weighted by Crippen LogP contribution is 2.16. The molecule has 4 heteroatoms. The smallest absolute Gasteiger partial charge is 0.123 e. The third kappa shape index (κ3) is 2.94. The van der Waals surface area contributed by atoms with Gasteiger partial charge in [0.05, 0.1) is 29.1 Å². The monoisotopic (exact) mass is 256 g/mol. The first-order chi connectivity index (χ1) is 9.07. The summed E-state index contributed by atoms with van der Waals surface area (Å²) >= 11 is 0. The van der Waals surface area contributed by atoms with E-state index in [2.05, 4.69) is 33.9 Å². The number of hydrogen-bond acceptors (Lipinski definition) is 3. The number of aryl methyl sites for hydroxylation is 1. The molecule has 0 aliphatic carbocycles. The first kappa shape index (κ1) is 13.6. The van der Waals surface area contributed by atoms with Gasteiger partial charge in [0.1, 0.15) is 5.82 Å². The van der Waals surface area contributed by atoms with E-state index in [4.69, 9.17) is 5.26 Å². The van der Waals surface area contributed by atoms with E-state index in [1.165, 1.54) is 5.52 Å². The lowest BCUT2D eigenvalue weighted by Gasteiger charge is -2.15. The van der Waals surface area contributed by atoms with Crippen molar-refractivity contribution in [1.29, 1.82) is 5.26 Å². The molecule has 1 aromatic carbocycles. The molecular formula is C15H20N4. The van der Waals surface area contributed by atoms with E-state index >= 15 is 0 Å². The summed E-state index contributed by atoms with van der Waals surface area (Å²) in [5.41, 5.74) is 1.85. The Labute approximate surface area is 114 Å². The molecule has 0 aliphatic rings. The number of fused-ring (bicyclic) bond motifs is 1. The lowest BCUT2D eigenvalue weighted by Crippen LogP contribution is -2.28. The van der Waals surface area contributed by atoms with Crippen molar-refractivity contribution in [3.05, 3.63) is 30.1 Å². The van der Waals surface area contributed by atoms with Gasteiger partial charge in [0, 0.05) is 13.1 Å². The second-order valence-corrected chi connectivity index (χ2v) is 5.36. The molecular weight excluding hydrogens is 236 g/mol. The van der Waals surface area contributed by atoms with Crippen LogP contribution in [0.1, 0.15) is 26.6 Å². The molecule has 1 aromatic heterocycles. The Morgan fingerprint density at radius 1 is 1.37 bits per heavy atom. The minimum atomic E-state index is -0.344. The average molecular weight is 256 g/mol. The molecule has 0 saturated heterocycles. The molecule has 2 aromatic rings. The zero-order valence-corrected chi connectivity index (χ0v) is 11.8. The van der Waals surface area contributed by atoms with Crippen LogP contribution in [0.2, 0.25) is 0 Å². The fourth-order valence-corrected chi connectivity index (χ4v) is 2.14. The van der Waals surface area contributed by atoms with Crippen molar-refractivity contribution in [1.82, 2.24) is 14.9 Å². The van der Waals surface area contributed by atoms with Crippen LogP contribution in [-0.4, -0.2) is 16.1 Å². The number of nitriles is 1. The molecule has 4 nitrogen and oxygen atoms in total. The van der Waals surface area contributed by atoms with Gasteiger partial charge in [0.2, 0.25) is 0 Å². The van der Waals surface area contributed by atoms with Crippen molar-refractivity contribution in [3.63, 3.8) is 0 Å². The van der Waals surface area contributed by atoms with Crippen LogP contribution in [0, 0.1) is 16.7 Å². The first-order valence-corrected chi connectivity index (χ1v) is 6.63. The Morgan fingerprint density at radius 3 is 2.79 bits per heavy atom. The SMILES string of the molecule is CCn1c(CNCC(C)(C)C#N)nc2ccccc21. The fourth-order valence-electron chi connectivity index (χ4n) is 2.14. The summed E-state index contributed by atoms with van der Waals surface area (Å²) in [6, 6.07) is 10.5. The van der Waals surface area contributed by atoms with Crippen LogP contribution >= 0.6 is 0 Å². The lowest BCUT2D eigenvalue weighted by molar-refractivity contribution is 0.438. The van der Waals surface area contributed by atoms with Crippen LogP contribution in [-0.2, 0) is 13.1 Å². The maximum absolute atomic E-state index is 9.00. The fraction of sp³-hybridized carbons (Fsp3) is 0.467. The van der Waals surface area contributed by atoms with Crippen LogP contribution in [0.25, 0.3) is 11.0 Å². The summed E-state index contributed by atoms with van der Waals surface area (Å²) in [7, 11) is 0. The summed E-state index contributed by atoms with van der Waals surface area (Å²) in [5, 5.41) is 12.3. The Hall–Kier alpha value is -1.86. The van der Waals surface area contributed by atoms with Crippen LogP contribution in [0.4, 0.5) is 0 Å². The highest BCUT2D eigenvalue weighted by Gasteiger charge is 2.16. The van der Waals surface area contributed by atoms with Gasteiger partial charge >= 0.3 is 0 Å². The summed E-state index contributed by atoms with van der Waals surface area (Å²) in [5.74, 6) is 1.03. The molecule has 0 atom stereocenters. The van der Waals surface area contributed by atoms with Gasteiger partial charge in [0.25, 0.3) is 0 Å². The largest absolute Gasteiger partial charge is 0.327 e. The number of aromatic nitrogens is 2. The predicted octanol–water partition coefficient (Wildman–Crippen LogP) is 2.70. The third-order valence-electron chi connectivity index (χ3n) is 3.20. The molecule has 100 valence electrons. The number of hydrogen-bond donors (Lipinski definition) is 1. The van der Waals surface area contributed by atoms with Gasteiger partial charge in [-0.15, -0.1) is 0 Å². The Bertz CT molecular complexity index is 604. The molecule has 0 unspecified atom stereocenters. The zero-order chi connectivity index (χ0) is 13.9. The number of nitrogens with one attached hydrogen (secondary N) is 1. The van der Waals surface area contributed by atoms with Crippen molar-refractivity contribution in [2.24, 2.45) is 5.41 Å². The highest BCUT2D eigenvalue weighted by atomic mass is 15.1. The van der Waals surface area contributed by atoms with Crippen molar-refractivity contribution in [3.8, 4) is 6.07 Å². The number of rotatable bonds is 5. The topological polar surface area (TPSA) is 53.6 Å². The van der Waals surface area contributed by atoms with Gasteiger partial charge in [0.15, 0.2) is 0 Å². The quantitative estimate of drug-likeness (QED) is 0.895. The van der Waals surface area contributed by atoms with Gasteiger partial charge in [-0.2, -0.15) is 5.26 Å². The normalized spacial score (nSPS) is 11.7. The van der Waals surface area contributed by atoms with Crippen molar-refractivity contribution in [2.75, 3.05) is 6.54 Å². The van der Waals surface area contributed by atoms with E-state index in [1.54, 1.807) is 0 Å². The third-order valence-corrected chi connectivity index (χ3v) is 3.20. The van der Waals surface area contributed by atoms with Crippen molar-refractivity contribution >= 4 is 11.0 Å². The molecule has 0 spiro atoms. The number of benzene rings is 1. The summed E-state index contributed by atoms with van der Waals surface area (Å²) in [6.45, 7) is 8.24. The summed E-state index contributed by atoms with van der Waals surface area (Å²) in [6.07, 6.45) is 0. The second-order valence-electron chi connectivity index (χ2n) is 5.36. The van der Waals surface area contributed by atoms with Crippen LogP contribution in [0.5, 0.6) is 0 Å². The molecule has 0 amide bonds.